The molecule has 1 heterocycles. The van der Waals surface area contributed by atoms with E-state index in [1.54, 1.807) is 30.0 Å². The third-order valence-electron chi connectivity index (χ3n) is 3.21. The van der Waals surface area contributed by atoms with Crippen LogP contribution in [0.2, 0.25) is 10.0 Å². The predicted molar refractivity (Wildman–Crippen MR) is 74.6 cm³/mol. The Kier molecular flexibility index (Phi) is 4.14. The van der Waals surface area contributed by atoms with Gasteiger partial charge in [-0.3, -0.25) is 4.79 Å². The Balaban J connectivity index is 2.31. The SMILES string of the molecule is CC1=C(C#N)CCC(=O)N1Cc1ccc(Cl)cc1Cl. The summed E-state index contributed by atoms with van der Waals surface area (Å²) in [6, 6.07) is 7.33. The summed E-state index contributed by atoms with van der Waals surface area (Å²) in [4.78, 5) is 13.6. The number of rotatable bonds is 2. The minimum atomic E-state index is 0.0162. The van der Waals surface area contributed by atoms with Crippen LogP contribution in [0, 0.1) is 11.3 Å². The van der Waals surface area contributed by atoms with Crippen LogP contribution in [0.25, 0.3) is 0 Å². The molecule has 0 fully saturated rings. The average Bonchev–Trinajstić information content (AvgIpc) is 2.37. The van der Waals surface area contributed by atoms with Gasteiger partial charge in [0, 0.05) is 27.7 Å². The standard InChI is InChI=1S/C14H12Cl2N2O/c1-9-10(7-17)3-5-14(19)18(9)8-11-2-4-12(15)6-13(11)16/h2,4,6H,3,5,8H2,1H3. The number of halogens is 2. The molecule has 5 heteroatoms. The van der Waals surface area contributed by atoms with Crippen molar-refractivity contribution in [1.29, 1.82) is 5.26 Å². The van der Waals surface area contributed by atoms with Gasteiger partial charge < -0.3 is 4.90 Å². The van der Waals surface area contributed by atoms with Crippen LogP contribution in [0.15, 0.2) is 29.5 Å². The van der Waals surface area contributed by atoms with Crippen molar-refractivity contribution in [2.45, 2.75) is 26.3 Å². The van der Waals surface area contributed by atoms with Crippen molar-refractivity contribution in [3.05, 3.63) is 45.1 Å². The topological polar surface area (TPSA) is 44.1 Å². The number of nitriles is 1. The maximum Gasteiger partial charge on any atom is 0.227 e. The summed E-state index contributed by atoms with van der Waals surface area (Å²) >= 11 is 12.0. The van der Waals surface area contributed by atoms with Crippen LogP contribution in [0.4, 0.5) is 0 Å². The second kappa shape index (κ2) is 5.64. The Morgan fingerprint density at radius 3 is 2.74 bits per heavy atom. The molecule has 1 amide bonds. The molecule has 3 nitrogen and oxygen atoms in total. The zero-order chi connectivity index (χ0) is 14.0. The zero-order valence-electron chi connectivity index (χ0n) is 10.4. The first-order valence-electron chi connectivity index (χ1n) is 5.87. The summed E-state index contributed by atoms with van der Waals surface area (Å²) in [7, 11) is 0. The predicted octanol–water partition coefficient (Wildman–Crippen LogP) is 3.91. The van der Waals surface area contributed by atoms with E-state index in [0.29, 0.717) is 40.7 Å². The molecule has 2 rings (SSSR count). The molecule has 0 aliphatic carbocycles. The second-order valence-corrected chi connectivity index (χ2v) is 5.24. The van der Waals surface area contributed by atoms with E-state index in [-0.39, 0.29) is 5.91 Å². The number of carbonyl (C=O) groups is 1. The molecule has 0 spiro atoms. The molecule has 0 N–H and O–H groups in total. The average molecular weight is 295 g/mol. The van der Waals surface area contributed by atoms with Crippen molar-refractivity contribution in [2.24, 2.45) is 0 Å². The molecule has 19 heavy (non-hydrogen) atoms. The lowest BCUT2D eigenvalue weighted by atomic mass is 10.0. The Labute approximate surface area is 122 Å². The van der Waals surface area contributed by atoms with E-state index in [1.165, 1.54) is 0 Å². The van der Waals surface area contributed by atoms with E-state index in [0.717, 1.165) is 5.56 Å². The Hall–Kier alpha value is -1.50. The fraction of sp³-hybridized carbons (Fsp3) is 0.286. The van der Waals surface area contributed by atoms with Gasteiger partial charge in [-0.2, -0.15) is 5.26 Å². The van der Waals surface area contributed by atoms with Gasteiger partial charge in [-0.25, -0.2) is 0 Å². The molecule has 0 saturated heterocycles. The van der Waals surface area contributed by atoms with E-state index >= 15 is 0 Å². The minimum absolute atomic E-state index is 0.0162. The molecule has 1 aliphatic rings. The lowest BCUT2D eigenvalue weighted by molar-refractivity contribution is -0.130. The maximum atomic E-state index is 12.0. The minimum Gasteiger partial charge on any atom is -0.311 e. The molecule has 0 radical (unpaired) electrons. The van der Waals surface area contributed by atoms with Crippen LogP contribution in [0.3, 0.4) is 0 Å². The summed E-state index contributed by atoms with van der Waals surface area (Å²) in [5.41, 5.74) is 2.19. The highest BCUT2D eigenvalue weighted by atomic mass is 35.5. The van der Waals surface area contributed by atoms with E-state index in [1.807, 2.05) is 0 Å². The van der Waals surface area contributed by atoms with Crippen LogP contribution in [-0.2, 0) is 11.3 Å². The summed E-state index contributed by atoms with van der Waals surface area (Å²) in [5, 5.41) is 10.1. The van der Waals surface area contributed by atoms with Crippen molar-refractivity contribution in [3.8, 4) is 6.07 Å². The van der Waals surface area contributed by atoms with Gasteiger partial charge in [0.25, 0.3) is 0 Å². The molecule has 1 aromatic carbocycles. The molecule has 1 aromatic rings. The molecule has 0 bridgehead atoms. The van der Waals surface area contributed by atoms with Crippen LogP contribution < -0.4 is 0 Å². The first-order chi connectivity index (χ1) is 9.02. The highest BCUT2D eigenvalue weighted by Gasteiger charge is 2.24. The van der Waals surface area contributed by atoms with Crippen LogP contribution in [0.1, 0.15) is 25.3 Å². The van der Waals surface area contributed by atoms with Gasteiger partial charge in [0.1, 0.15) is 0 Å². The number of hydrogen-bond donors (Lipinski definition) is 0. The second-order valence-electron chi connectivity index (χ2n) is 4.39. The lowest BCUT2D eigenvalue weighted by Gasteiger charge is -2.28. The van der Waals surface area contributed by atoms with Crippen LogP contribution >= 0.6 is 23.2 Å². The smallest absolute Gasteiger partial charge is 0.227 e. The number of allylic oxidation sites excluding steroid dienone is 2. The molecule has 0 aromatic heterocycles. The molecule has 1 aliphatic heterocycles. The first-order valence-corrected chi connectivity index (χ1v) is 6.62. The van der Waals surface area contributed by atoms with Gasteiger partial charge >= 0.3 is 0 Å². The van der Waals surface area contributed by atoms with Gasteiger partial charge in [0.05, 0.1) is 12.6 Å². The summed E-state index contributed by atoms with van der Waals surface area (Å²) in [6.07, 6.45) is 0.886. The third kappa shape index (κ3) is 2.91. The van der Waals surface area contributed by atoms with E-state index < -0.39 is 0 Å². The van der Waals surface area contributed by atoms with Crippen molar-refractivity contribution in [1.82, 2.24) is 4.90 Å². The summed E-state index contributed by atoms with van der Waals surface area (Å²) < 4.78 is 0. The number of hydrogen-bond acceptors (Lipinski definition) is 2. The molecule has 0 saturated carbocycles. The molecular formula is C14H12Cl2N2O. The quantitative estimate of drug-likeness (QED) is 0.830. The largest absolute Gasteiger partial charge is 0.311 e. The van der Waals surface area contributed by atoms with E-state index in [4.69, 9.17) is 28.5 Å². The zero-order valence-corrected chi connectivity index (χ0v) is 11.9. The Bertz CT molecular complexity index is 602. The number of carbonyl (C=O) groups excluding carboxylic acids is 1. The number of amides is 1. The lowest BCUT2D eigenvalue weighted by Crippen LogP contribution is -2.32. The fourth-order valence-electron chi connectivity index (χ4n) is 2.06. The van der Waals surface area contributed by atoms with Gasteiger partial charge in [0.2, 0.25) is 5.91 Å². The highest BCUT2D eigenvalue weighted by molar-refractivity contribution is 6.35. The van der Waals surface area contributed by atoms with Gasteiger partial charge in [-0.15, -0.1) is 0 Å². The summed E-state index contributed by atoms with van der Waals surface area (Å²) in [5.74, 6) is 0.0162. The molecule has 98 valence electrons. The van der Waals surface area contributed by atoms with Crippen LogP contribution in [-0.4, -0.2) is 10.8 Å². The van der Waals surface area contributed by atoms with Crippen molar-refractivity contribution < 1.29 is 4.79 Å². The van der Waals surface area contributed by atoms with E-state index in [2.05, 4.69) is 6.07 Å². The van der Waals surface area contributed by atoms with Gasteiger partial charge in [-0.05, 0) is 31.0 Å². The molecule has 0 atom stereocenters. The van der Waals surface area contributed by atoms with Crippen LogP contribution in [0.5, 0.6) is 0 Å². The van der Waals surface area contributed by atoms with Crippen molar-refractivity contribution in [3.63, 3.8) is 0 Å². The monoisotopic (exact) mass is 294 g/mol. The number of nitrogens with zero attached hydrogens (tertiary/aromatic N) is 2. The summed E-state index contributed by atoms with van der Waals surface area (Å²) in [6.45, 7) is 2.16. The molecule has 0 unspecified atom stereocenters. The van der Waals surface area contributed by atoms with Gasteiger partial charge in [-0.1, -0.05) is 29.3 Å². The maximum absolute atomic E-state index is 12.0. The Morgan fingerprint density at radius 1 is 1.37 bits per heavy atom. The normalized spacial score (nSPS) is 15.7. The number of benzene rings is 1. The third-order valence-corrected chi connectivity index (χ3v) is 3.80. The fourth-order valence-corrected chi connectivity index (χ4v) is 2.53. The molecular weight excluding hydrogens is 283 g/mol. The highest BCUT2D eigenvalue weighted by Crippen LogP contribution is 2.28. The van der Waals surface area contributed by atoms with Gasteiger partial charge in [0.15, 0.2) is 0 Å². The first kappa shape index (κ1) is 13.9. The van der Waals surface area contributed by atoms with E-state index in [9.17, 15) is 4.79 Å². The Morgan fingerprint density at radius 2 is 2.11 bits per heavy atom. The van der Waals surface area contributed by atoms with Crippen molar-refractivity contribution in [2.75, 3.05) is 0 Å². The van der Waals surface area contributed by atoms with Crippen molar-refractivity contribution >= 4 is 29.1 Å².